The molecule has 1 aromatic heterocycles. The van der Waals surface area contributed by atoms with Crippen molar-refractivity contribution in [2.24, 2.45) is 5.92 Å². The van der Waals surface area contributed by atoms with E-state index in [-0.39, 0.29) is 0 Å². The summed E-state index contributed by atoms with van der Waals surface area (Å²) in [6.45, 7) is 9.89. The van der Waals surface area contributed by atoms with Gasteiger partial charge in [0.2, 0.25) is 0 Å². The molecule has 1 heterocycles. The minimum atomic E-state index is 0.744. The van der Waals surface area contributed by atoms with Crippen LogP contribution in [0.3, 0.4) is 0 Å². The molecule has 14 heavy (non-hydrogen) atoms. The topological polar surface area (TPSA) is 17.8 Å². The first-order chi connectivity index (χ1) is 6.69. The fourth-order valence-corrected chi connectivity index (χ4v) is 1.65. The smallest absolute Gasteiger partial charge is 0.116 e. The summed E-state index contributed by atoms with van der Waals surface area (Å²) in [6, 6.07) is 0. The largest absolute Gasteiger partial charge is 0.269 e. The monoisotopic (exact) mass is 193 g/mol. The van der Waals surface area contributed by atoms with Gasteiger partial charge >= 0.3 is 0 Å². The van der Waals surface area contributed by atoms with Crippen molar-refractivity contribution in [1.29, 1.82) is 0 Å². The van der Waals surface area contributed by atoms with E-state index in [0.717, 1.165) is 25.3 Å². The zero-order valence-electron chi connectivity index (χ0n) is 9.80. The highest BCUT2D eigenvalue weighted by atomic mass is 15.3. The first kappa shape index (κ1) is 11.3. The van der Waals surface area contributed by atoms with Crippen LogP contribution in [0.1, 0.15) is 45.4 Å². The molecule has 0 spiro atoms. The van der Waals surface area contributed by atoms with Crippen molar-refractivity contribution in [3.05, 3.63) is 17.5 Å². The summed E-state index contributed by atoms with van der Waals surface area (Å²) < 4.78 is 2.12. The van der Waals surface area contributed by atoms with Crippen LogP contribution in [-0.4, -0.2) is 9.78 Å². The molecule has 0 aromatic carbocycles. The van der Waals surface area contributed by atoms with Gasteiger partial charge in [-0.25, -0.2) is 0 Å². The van der Waals surface area contributed by atoms with Gasteiger partial charge in [0.25, 0.3) is 0 Å². The molecule has 0 amide bonds. The number of aromatic nitrogens is 2. The number of rotatable bonds is 5. The lowest BCUT2D eigenvalue weighted by atomic mass is 10.1. The van der Waals surface area contributed by atoms with Crippen LogP contribution in [0.4, 0.5) is 0 Å². The van der Waals surface area contributed by atoms with Crippen LogP contribution in [0.2, 0.25) is 0 Å². The van der Waals surface area contributed by atoms with Crippen molar-refractivity contribution in [2.75, 3.05) is 0 Å². The molecule has 1 radical (unpaired) electrons. The summed E-state index contributed by atoms with van der Waals surface area (Å²) in [6.07, 6.45) is 6.43. The van der Waals surface area contributed by atoms with Crippen LogP contribution in [-0.2, 0) is 19.4 Å². The van der Waals surface area contributed by atoms with Gasteiger partial charge in [-0.15, -0.1) is 0 Å². The van der Waals surface area contributed by atoms with E-state index in [0.29, 0.717) is 0 Å². The van der Waals surface area contributed by atoms with Crippen LogP contribution in [0.15, 0.2) is 0 Å². The summed E-state index contributed by atoms with van der Waals surface area (Å²) in [5.74, 6) is 0.744. The lowest BCUT2D eigenvalue weighted by Crippen LogP contribution is -2.07. The maximum absolute atomic E-state index is 4.32. The number of nitrogens with zero attached hydrogens (tertiary/aromatic N) is 2. The molecule has 2 heteroatoms. The van der Waals surface area contributed by atoms with Gasteiger partial charge in [-0.2, -0.15) is 5.10 Å². The Morgan fingerprint density at radius 2 is 2.00 bits per heavy atom. The fourth-order valence-electron chi connectivity index (χ4n) is 1.65. The molecule has 2 nitrogen and oxygen atoms in total. The Hall–Kier alpha value is -0.790. The fraction of sp³-hybridized carbons (Fsp3) is 0.750. The minimum Gasteiger partial charge on any atom is -0.269 e. The third kappa shape index (κ3) is 2.60. The Balaban J connectivity index is 2.71. The van der Waals surface area contributed by atoms with Gasteiger partial charge < -0.3 is 0 Å². The summed E-state index contributed by atoms with van der Waals surface area (Å²) in [7, 11) is 0. The average molecular weight is 193 g/mol. The quantitative estimate of drug-likeness (QED) is 0.703. The molecule has 0 bridgehead atoms. The third-order valence-electron chi connectivity index (χ3n) is 2.57. The molecule has 0 saturated heterocycles. The summed E-state index contributed by atoms with van der Waals surface area (Å²) in [5.41, 5.74) is 2.66. The predicted octanol–water partition coefficient (Wildman–Crippen LogP) is 2.85. The SMILES string of the molecule is CCc1[c]nn(CCC(C)C)c1CC. The molecule has 0 aliphatic carbocycles. The summed E-state index contributed by atoms with van der Waals surface area (Å²) in [4.78, 5) is 0. The molecule has 0 N–H and O–H groups in total. The lowest BCUT2D eigenvalue weighted by molar-refractivity contribution is 0.476. The third-order valence-corrected chi connectivity index (χ3v) is 2.57. The van der Waals surface area contributed by atoms with E-state index in [2.05, 4.69) is 43.7 Å². The number of aryl methyl sites for hydroxylation is 2. The van der Waals surface area contributed by atoms with Gasteiger partial charge in [-0.1, -0.05) is 27.7 Å². The van der Waals surface area contributed by atoms with E-state index in [9.17, 15) is 0 Å². The molecule has 0 atom stereocenters. The van der Waals surface area contributed by atoms with Gasteiger partial charge in [0.1, 0.15) is 6.20 Å². The molecule has 0 fully saturated rings. The second-order valence-electron chi connectivity index (χ2n) is 4.15. The van der Waals surface area contributed by atoms with E-state index < -0.39 is 0 Å². The van der Waals surface area contributed by atoms with Crippen LogP contribution < -0.4 is 0 Å². The molecule has 1 rings (SSSR count). The van der Waals surface area contributed by atoms with Gasteiger partial charge in [0, 0.05) is 17.8 Å². The van der Waals surface area contributed by atoms with E-state index in [1.54, 1.807) is 0 Å². The maximum Gasteiger partial charge on any atom is 0.116 e. The van der Waals surface area contributed by atoms with Gasteiger partial charge in [0.05, 0.1) is 0 Å². The lowest BCUT2D eigenvalue weighted by Gasteiger charge is -2.08. The molecular weight excluding hydrogens is 172 g/mol. The van der Waals surface area contributed by atoms with Gasteiger partial charge in [-0.05, 0) is 25.2 Å². The van der Waals surface area contributed by atoms with Crippen LogP contribution >= 0.6 is 0 Å². The minimum absolute atomic E-state index is 0.744. The predicted molar refractivity (Wildman–Crippen MR) is 59.3 cm³/mol. The Kier molecular flexibility index (Phi) is 4.18. The van der Waals surface area contributed by atoms with Gasteiger partial charge in [0.15, 0.2) is 0 Å². The second-order valence-corrected chi connectivity index (χ2v) is 4.15. The number of hydrogen-bond acceptors (Lipinski definition) is 1. The summed E-state index contributed by atoms with van der Waals surface area (Å²) >= 11 is 0. The van der Waals surface area contributed by atoms with E-state index in [4.69, 9.17) is 0 Å². The van der Waals surface area contributed by atoms with E-state index in [1.165, 1.54) is 17.7 Å². The van der Waals surface area contributed by atoms with Crippen LogP contribution in [0.5, 0.6) is 0 Å². The van der Waals surface area contributed by atoms with Crippen molar-refractivity contribution < 1.29 is 0 Å². The van der Waals surface area contributed by atoms with Gasteiger partial charge in [-0.3, -0.25) is 4.68 Å². The molecule has 0 aliphatic heterocycles. The zero-order chi connectivity index (χ0) is 10.6. The van der Waals surface area contributed by atoms with E-state index in [1.807, 2.05) is 0 Å². The van der Waals surface area contributed by atoms with Crippen molar-refractivity contribution in [3.63, 3.8) is 0 Å². The van der Waals surface area contributed by atoms with Crippen molar-refractivity contribution >= 4 is 0 Å². The van der Waals surface area contributed by atoms with Crippen molar-refractivity contribution in [1.82, 2.24) is 9.78 Å². The Bertz CT molecular complexity index is 274. The van der Waals surface area contributed by atoms with E-state index >= 15 is 0 Å². The maximum atomic E-state index is 4.32. The Labute approximate surface area is 87.3 Å². The normalized spacial score (nSPS) is 11.2. The highest BCUT2D eigenvalue weighted by Crippen LogP contribution is 2.11. The molecule has 1 aromatic rings. The Morgan fingerprint density at radius 1 is 1.29 bits per heavy atom. The average Bonchev–Trinajstić information content (AvgIpc) is 2.56. The van der Waals surface area contributed by atoms with Crippen LogP contribution in [0, 0.1) is 12.1 Å². The molecule has 0 unspecified atom stereocenters. The Morgan fingerprint density at radius 3 is 2.50 bits per heavy atom. The van der Waals surface area contributed by atoms with Crippen LogP contribution in [0.25, 0.3) is 0 Å². The second kappa shape index (κ2) is 5.18. The number of hydrogen-bond donors (Lipinski definition) is 0. The van der Waals surface area contributed by atoms with Crippen molar-refractivity contribution in [3.8, 4) is 0 Å². The molecule has 0 aliphatic rings. The first-order valence-electron chi connectivity index (χ1n) is 5.65. The standard InChI is InChI=1S/C12H21N2/c1-5-11-9-13-14(12(11)6-2)8-7-10(3)4/h10H,5-8H2,1-4H3. The highest BCUT2D eigenvalue weighted by molar-refractivity contribution is 5.16. The molecule has 79 valence electrons. The molecular formula is C12H21N2. The van der Waals surface area contributed by atoms with Crippen molar-refractivity contribution in [2.45, 2.75) is 53.5 Å². The first-order valence-corrected chi connectivity index (χ1v) is 5.65. The summed E-state index contributed by atoms with van der Waals surface area (Å²) in [5, 5.41) is 4.32. The molecule has 0 saturated carbocycles. The highest BCUT2D eigenvalue weighted by Gasteiger charge is 2.07. The zero-order valence-corrected chi connectivity index (χ0v) is 9.80.